The van der Waals surface area contributed by atoms with Crippen LogP contribution in [0.1, 0.15) is 18.2 Å². The maximum absolute atomic E-state index is 14.3. The molecular weight excluding hydrogens is 369 g/mol. The summed E-state index contributed by atoms with van der Waals surface area (Å²) >= 11 is 4.84. The van der Waals surface area contributed by atoms with Gasteiger partial charge in [0.15, 0.2) is 0 Å². The minimum absolute atomic E-state index is 0.113. The van der Waals surface area contributed by atoms with E-state index in [0.29, 0.717) is 12.1 Å². The van der Waals surface area contributed by atoms with Gasteiger partial charge in [-0.25, -0.2) is 9.18 Å². The Kier molecular flexibility index (Phi) is 3.81. The number of fused-ring (bicyclic) bond motifs is 1. The van der Waals surface area contributed by atoms with E-state index in [1.807, 2.05) is 13.2 Å². The molecule has 4 nitrogen and oxygen atoms in total. The quantitative estimate of drug-likeness (QED) is 0.758. The lowest BCUT2D eigenvalue weighted by Crippen LogP contribution is -2.38. The van der Waals surface area contributed by atoms with Crippen molar-refractivity contribution < 1.29 is 4.39 Å². The van der Waals surface area contributed by atoms with Crippen molar-refractivity contribution in [3.05, 3.63) is 56.4 Å². The first kappa shape index (κ1) is 15.6. The summed E-state index contributed by atoms with van der Waals surface area (Å²) in [6.45, 7) is 2.18. The number of hydrogen-bond acceptors (Lipinski definition) is 3. The molecule has 1 aliphatic heterocycles. The van der Waals surface area contributed by atoms with Gasteiger partial charge >= 0.3 is 5.69 Å². The van der Waals surface area contributed by atoms with E-state index in [4.69, 9.17) is 4.99 Å². The van der Waals surface area contributed by atoms with Gasteiger partial charge in [-0.2, -0.15) is 0 Å². The average molecular weight is 384 g/mol. The average Bonchev–Trinajstić information content (AvgIpc) is 2.76. The number of imidazole rings is 1. The molecule has 1 aromatic carbocycles. The van der Waals surface area contributed by atoms with E-state index in [1.165, 1.54) is 22.4 Å². The van der Waals surface area contributed by atoms with E-state index < -0.39 is 5.54 Å². The predicted molar refractivity (Wildman–Crippen MR) is 91.2 cm³/mol. The van der Waals surface area contributed by atoms with Crippen molar-refractivity contribution in [1.82, 2.24) is 9.13 Å². The Labute approximate surface area is 140 Å². The standard InChI is InChI=1S/C15H15BrFN3OS/c1-15(10-6-9(16)4-5-11(10)17)8-20-12(13(18-15)22-3)7-19(2)14(20)21/h4-7H,8H2,1-3H3. The first-order valence-corrected chi connectivity index (χ1v) is 8.73. The molecule has 0 saturated carbocycles. The van der Waals surface area contributed by atoms with Gasteiger partial charge in [-0.1, -0.05) is 15.9 Å². The Morgan fingerprint density at radius 3 is 2.86 bits per heavy atom. The molecule has 2 aromatic rings. The number of benzene rings is 1. The SMILES string of the molecule is CSC1=NC(C)(c2cc(Br)ccc2F)Cn2c1cn(C)c2=O. The number of rotatable bonds is 1. The molecule has 22 heavy (non-hydrogen) atoms. The molecule has 1 aliphatic rings. The van der Waals surface area contributed by atoms with E-state index >= 15 is 0 Å². The molecule has 0 amide bonds. The minimum Gasteiger partial charge on any atom is -0.302 e. The Morgan fingerprint density at radius 2 is 2.18 bits per heavy atom. The molecule has 1 aromatic heterocycles. The lowest BCUT2D eigenvalue weighted by molar-refractivity contribution is 0.379. The molecule has 3 rings (SSSR count). The molecule has 1 unspecified atom stereocenters. The van der Waals surface area contributed by atoms with Gasteiger partial charge < -0.3 is 4.57 Å². The highest BCUT2D eigenvalue weighted by Gasteiger charge is 2.36. The normalized spacial score (nSPS) is 20.7. The summed E-state index contributed by atoms with van der Waals surface area (Å²) in [5, 5.41) is 0.742. The molecular formula is C15H15BrFN3OS. The van der Waals surface area contributed by atoms with Crippen molar-refractivity contribution in [3.63, 3.8) is 0 Å². The fraction of sp³-hybridized carbons (Fsp3) is 0.333. The number of nitrogens with zero attached hydrogens (tertiary/aromatic N) is 3. The lowest BCUT2D eigenvalue weighted by atomic mass is 9.91. The van der Waals surface area contributed by atoms with Crippen LogP contribution < -0.4 is 5.69 Å². The maximum atomic E-state index is 14.3. The van der Waals surface area contributed by atoms with Crippen molar-refractivity contribution >= 4 is 32.7 Å². The van der Waals surface area contributed by atoms with Crippen LogP contribution in [0.3, 0.4) is 0 Å². The number of thioether (sulfide) groups is 1. The van der Waals surface area contributed by atoms with Crippen LogP contribution in [0.2, 0.25) is 0 Å². The molecule has 1 atom stereocenters. The van der Waals surface area contributed by atoms with Crippen LogP contribution in [-0.2, 0) is 19.1 Å². The summed E-state index contributed by atoms with van der Waals surface area (Å²) in [5.41, 5.74) is 0.338. The second kappa shape index (κ2) is 5.38. The summed E-state index contributed by atoms with van der Waals surface area (Å²) in [5.74, 6) is -0.317. The molecule has 0 fully saturated rings. The van der Waals surface area contributed by atoms with E-state index in [9.17, 15) is 9.18 Å². The van der Waals surface area contributed by atoms with E-state index in [1.54, 1.807) is 29.9 Å². The van der Waals surface area contributed by atoms with E-state index in [2.05, 4.69) is 15.9 Å². The Hall–Kier alpha value is -1.34. The molecule has 0 radical (unpaired) electrons. The largest absolute Gasteiger partial charge is 0.328 e. The van der Waals surface area contributed by atoms with Gasteiger partial charge in [0.25, 0.3) is 0 Å². The second-order valence-corrected chi connectivity index (χ2v) is 7.22. The van der Waals surface area contributed by atoms with Gasteiger partial charge in [0, 0.05) is 23.3 Å². The summed E-state index contributed by atoms with van der Waals surface area (Å²) < 4.78 is 18.3. The highest BCUT2D eigenvalue weighted by Crippen LogP contribution is 2.36. The van der Waals surface area contributed by atoms with Crippen LogP contribution >= 0.6 is 27.7 Å². The number of aromatic nitrogens is 2. The second-order valence-electron chi connectivity index (χ2n) is 5.51. The zero-order chi connectivity index (χ0) is 16.1. The highest BCUT2D eigenvalue weighted by atomic mass is 79.9. The lowest BCUT2D eigenvalue weighted by Gasteiger charge is -2.32. The van der Waals surface area contributed by atoms with Crippen molar-refractivity contribution in [1.29, 1.82) is 0 Å². The summed E-state index contributed by atoms with van der Waals surface area (Å²) in [6, 6.07) is 4.81. The summed E-state index contributed by atoms with van der Waals surface area (Å²) in [4.78, 5) is 17.1. The monoisotopic (exact) mass is 383 g/mol. The third kappa shape index (κ3) is 2.36. The molecule has 0 aliphatic carbocycles. The smallest absolute Gasteiger partial charge is 0.302 e. The van der Waals surface area contributed by atoms with Gasteiger partial charge in [0.2, 0.25) is 0 Å². The van der Waals surface area contributed by atoms with Crippen LogP contribution in [0.15, 0.2) is 38.7 Å². The van der Waals surface area contributed by atoms with Gasteiger partial charge in [-0.05, 0) is 31.4 Å². The zero-order valence-electron chi connectivity index (χ0n) is 12.4. The summed E-state index contributed by atoms with van der Waals surface area (Å²) in [6.07, 6.45) is 3.68. The number of halogens is 2. The number of aryl methyl sites for hydroxylation is 1. The minimum atomic E-state index is -0.815. The van der Waals surface area contributed by atoms with E-state index in [0.717, 1.165) is 15.2 Å². The van der Waals surface area contributed by atoms with Crippen LogP contribution in [0.5, 0.6) is 0 Å². The van der Waals surface area contributed by atoms with Gasteiger partial charge in [0.1, 0.15) is 16.4 Å². The fourth-order valence-corrected chi connectivity index (χ4v) is 3.78. The predicted octanol–water partition coefficient (Wildman–Crippen LogP) is 3.13. The van der Waals surface area contributed by atoms with Crippen LogP contribution in [0, 0.1) is 5.82 Å². The third-order valence-corrected chi connectivity index (χ3v) is 5.06. The Bertz CT molecular complexity index is 842. The van der Waals surface area contributed by atoms with E-state index in [-0.39, 0.29) is 11.5 Å². The van der Waals surface area contributed by atoms with Crippen molar-refractivity contribution in [3.8, 4) is 0 Å². The van der Waals surface area contributed by atoms with Crippen molar-refractivity contribution in [2.24, 2.45) is 12.0 Å². The van der Waals surface area contributed by atoms with Crippen LogP contribution in [0.4, 0.5) is 4.39 Å². The Balaban J connectivity index is 2.22. The molecule has 116 valence electrons. The van der Waals surface area contributed by atoms with Gasteiger partial charge in [0.05, 0.1) is 12.2 Å². The van der Waals surface area contributed by atoms with Crippen molar-refractivity contribution in [2.45, 2.75) is 19.0 Å². The maximum Gasteiger partial charge on any atom is 0.328 e. The Morgan fingerprint density at radius 1 is 1.45 bits per heavy atom. The first-order valence-electron chi connectivity index (χ1n) is 6.71. The van der Waals surface area contributed by atoms with Crippen LogP contribution in [-0.4, -0.2) is 20.4 Å². The van der Waals surface area contributed by atoms with Gasteiger partial charge in [-0.15, -0.1) is 11.8 Å². The molecule has 2 heterocycles. The third-order valence-electron chi connectivity index (χ3n) is 3.87. The van der Waals surface area contributed by atoms with Crippen LogP contribution in [0.25, 0.3) is 0 Å². The molecule has 0 saturated heterocycles. The summed E-state index contributed by atoms with van der Waals surface area (Å²) in [7, 11) is 1.71. The molecule has 7 heteroatoms. The van der Waals surface area contributed by atoms with Gasteiger partial charge in [-0.3, -0.25) is 9.56 Å². The first-order chi connectivity index (χ1) is 10.4. The zero-order valence-corrected chi connectivity index (χ0v) is 14.8. The number of aliphatic imine (C=N–C) groups is 1. The number of hydrogen-bond donors (Lipinski definition) is 0. The van der Waals surface area contributed by atoms with Crippen molar-refractivity contribution in [2.75, 3.05) is 6.26 Å². The highest BCUT2D eigenvalue weighted by molar-refractivity contribution is 9.10. The molecule has 0 bridgehead atoms. The fourth-order valence-electron chi connectivity index (χ4n) is 2.76. The topological polar surface area (TPSA) is 39.3 Å². The molecule has 0 spiro atoms. The molecule has 0 N–H and O–H groups in total.